The van der Waals surface area contributed by atoms with Crippen molar-refractivity contribution >= 4 is 29.2 Å². The molecule has 0 bridgehead atoms. The third-order valence-corrected chi connectivity index (χ3v) is 6.75. The summed E-state index contributed by atoms with van der Waals surface area (Å²) in [4.78, 5) is 31.4. The van der Waals surface area contributed by atoms with Gasteiger partial charge in [-0.05, 0) is 61.7 Å². The van der Waals surface area contributed by atoms with Crippen molar-refractivity contribution in [3.05, 3.63) is 71.0 Å². The molecular weight excluding hydrogens is 440 g/mol. The van der Waals surface area contributed by atoms with Gasteiger partial charge in [0.05, 0.1) is 18.2 Å². The Hall–Kier alpha value is -3.84. The number of ether oxygens (including phenoxy) is 1. The number of hydrogen-bond acceptors (Lipinski definition) is 4. The minimum Gasteiger partial charge on any atom is -0.497 e. The first-order valence-corrected chi connectivity index (χ1v) is 11.9. The highest BCUT2D eigenvalue weighted by Crippen LogP contribution is 2.41. The standard InChI is InChI=1S/C28H30N4O3/c1-16-14-32(15-17(2)30-16)28(34)23-13-29-25(18(23)3)12-22-26-21(9-6-10-24(26)31-27(22)33)19-7-5-8-20(11-19)35-4/h5-13,16-17,29-30H,14-15H2,1-4H3,(H,31,33)/t16-,17-/m0/s1. The number of piperazine rings is 1. The minimum absolute atomic E-state index is 0.0111. The van der Waals surface area contributed by atoms with E-state index in [2.05, 4.69) is 29.5 Å². The van der Waals surface area contributed by atoms with Crippen LogP contribution in [0.1, 0.15) is 41.0 Å². The first kappa shape index (κ1) is 22.9. The van der Waals surface area contributed by atoms with Crippen LogP contribution in [0.3, 0.4) is 0 Å². The van der Waals surface area contributed by atoms with Gasteiger partial charge < -0.3 is 25.3 Å². The lowest BCUT2D eigenvalue weighted by Gasteiger charge is -2.36. The molecule has 0 aliphatic carbocycles. The van der Waals surface area contributed by atoms with E-state index >= 15 is 0 Å². The Morgan fingerprint density at radius 1 is 1.11 bits per heavy atom. The third-order valence-electron chi connectivity index (χ3n) is 6.75. The van der Waals surface area contributed by atoms with E-state index in [0.29, 0.717) is 24.2 Å². The SMILES string of the molecule is COc1cccc(-c2cccc3c2C(=Cc2[nH]cc(C(=O)N4C[C@H](C)N[C@@H](C)C4)c2C)C(=O)N3)c1. The summed E-state index contributed by atoms with van der Waals surface area (Å²) in [7, 11) is 1.64. The molecule has 1 saturated heterocycles. The predicted molar refractivity (Wildman–Crippen MR) is 138 cm³/mol. The molecule has 0 unspecified atom stereocenters. The molecular formula is C28H30N4O3. The minimum atomic E-state index is -0.165. The van der Waals surface area contributed by atoms with E-state index < -0.39 is 0 Å². The van der Waals surface area contributed by atoms with Crippen LogP contribution >= 0.6 is 0 Å². The third kappa shape index (κ3) is 4.23. The van der Waals surface area contributed by atoms with Crippen molar-refractivity contribution in [3.63, 3.8) is 0 Å². The van der Waals surface area contributed by atoms with Gasteiger partial charge in [0.15, 0.2) is 0 Å². The van der Waals surface area contributed by atoms with Gasteiger partial charge in [-0.2, -0.15) is 0 Å². The molecule has 2 aliphatic heterocycles. The number of carbonyl (C=O) groups is 2. The number of aromatic amines is 1. The number of nitrogens with zero attached hydrogens (tertiary/aromatic N) is 1. The quantitative estimate of drug-likeness (QED) is 0.496. The maximum Gasteiger partial charge on any atom is 0.256 e. The van der Waals surface area contributed by atoms with Crippen LogP contribution in [-0.4, -0.2) is 54.0 Å². The number of nitrogens with one attached hydrogen (secondary N) is 3. The molecule has 1 fully saturated rings. The van der Waals surface area contributed by atoms with Crippen molar-refractivity contribution < 1.29 is 14.3 Å². The molecule has 5 rings (SSSR count). The molecule has 3 N–H and O–H groups in total. The average molecular weight is 471 g/mol. The monoisotopic (exact) mass is 470 g/mol. The molecule has 0 saturated carbocycles. The van der Waals surface area contributed by atoms with E-state index in [1.54, 1.807) is 13.3 Å². The molecule has 3 aromatic rings. The fourth-order valence-corrected chi connectivity index (χ4v) is 5.11. The summed E-state index contributed by atoms with van der Waals surface area (Å²) >= 11 is 0. The van der Waals surface area contributed by atoms with Gasteiger partial charge >= 0.3 is 0 Å². The summed E-state index contributed by atoms with van der Waals surface area (Å²) in [6, 6.07) is 14.1. The predicted octanol–water partition coefficient (Wildman–Crippen LogP) is 4.31. The summed E-state index contributed by atoms with van der Waals surface area (Å²) in [6.07, 6.45) is 3.60. The molecule has 7 heteroatoms. The Labute approximate surface area is 205 Å². The zero-order valence-electron chi connectivity index (χ0n) is 20.4. The van der Waals surface area contributed by atoms with E-state index in [1.165, 1.54) is 0 Å². The first-order valence-electron chi connectivity index (χ1n) is 11.9. The Morgan fingerprint density at radius 3 is 2.60 bits per heavy atom. The first-order chi connectivity index (χ1) is 16.9. The van der Waals surface area contributed by atoms with Gasteiger partial charge in [-0.25, -0.2) is 0 Å². The number of anilines is 1. The number of hydrogen-bond donors (Lipinski definition) is 3. The maximum absolute atomic E-state index is 13.3. The van der Waals surface area contributed by atoms with Crippen LogP contribution < -0.4 is 15.4 Å². The van der Waals surface area contributed by atoms with Gasteiger partial charge in [0, 0.05) is 48.3 Å². The molecule has 3 heterocycles. The number of carbonyl (C=O) groups excluding carboxylic acids is 2. The molecule has 180 valence electrons. The summed E-state index contributed by atoms with van der Waals surface area (Å²) in [5, 5.41) is 6.44. The van der Waals surface area contributed by atoms with E-state index in [-0.39, 0.29) is 23.9 Å². The maximum atomic E-state index is 13.3. The molecule has 0 radical (unpaired) electrons. The van der Waals surface area contributed by atoms with Gasteiger partial charge in [0.2, 0.25) is 0 Å². The molecule has 2 aromatic carbocycles. The molecule has 2 atom stereocenters. The lowest BCUT2D eigenvalue weighted by Crippen LogP contribution is -2.55. The molecule has 35 heavy (non-hydrogen) atoms. The zero-order chi connectivity index (χ0) is 24.7. The number of benzene rings is 2. The molecule has 2 aliphatic rings. The van der Waals surface area contributed by atoms with Gasteiger partial charge in [-0.3, -0.25) is 9.59 Å². The summed E-state index contributed by atoms with van der Waals surface area (Å²) in [5.74, 6) is 0.599. The highest BCUT2D eigenvalue weighted by Gasteiger charge is 2.30. The molecule has 2 amide bonds. The van der Waals surface area contributed by atoms with Crippen LogP contribution in [0.4, 0.5) is 5.69 Å². The van der Waals surface area contributed by atoms with Crippen LogP contribution in [0, 0.1) is 6.92 Å². The second-order valence-electron chi connectivity index (χ2n) is 9.39. The highest BCUT2D eigenvalue weighted by molar-refractivity contribution is 6.36. The number of methoxy groups -OCH3 is 1. The average Bonchev–Trinajstić information content (AvgIpc) is 3.37. The van der Waals surface area contributed by atoms with Crippen LogP contribution in [-0.2, 0) is 4.79 Å². The van der Waals surface area contributed by atoms with Crippen LogP contribution in [0.5, 0.6) is 5.75 Å². The number of rotatable bonds is 4. The van der Waals surface area contributed by atoms with Crippen LogP contribution in [0.25, 0.3) is 22.8 Å². The van der Waals surface area contributed by atoms with Crippen LogP contribution in [0.15, 0.2) is 48.7 Å². The van der Waals surface area contributed by atoms with Crippen LogP contribution in [0.2, 0.25) is 0 Å². The van der Waals surface area contributed by atoms with E-state index in [0.717, 1.165) is 39.4 Å². The van der Waals surface area contributed by atoms with Crippen molar-refractivity contribution in [2.24, 2.45) is 0 Å². The lowest BCUT2D eigenvalue weighted by molar-refractivity contribution is -0.110. The summed E-state index contributed by atoms with van der Waals surface area (Å²) in [6.45, 7) is 7.44. The van der Waals surface area contributed by atoms with Gasteiger partial charge in [0.1, 0.15) is 5.75 Å². The lowest BCUT2D eigenvalue weighted by atomic mass is 9.94. The number of fused-ring (bicyclic) bond motifs is 1. The van der Waals surface area contributed by atoms with Crippen molar-refractivity contribution in [2.75, 3.05) is 25.5 Å². The normalized spacial score (nSPS) is 20.6. The Morgan fingerprint density at radius 2 is 1.86 bits per heavy atom. The smallest absolute Gasteiger partial charge is 0.256 e. The van der Waals surface area contributed by atoms with Gasteiger partial charge in [-0.15, -0.1) is 0 Å². The Bertz CT molecular complexity index is 1330. The van der Waals surface area contributed by atoms with Crippen molar-refractivity contribution in [2.45, 2.75) is 32.9 Å². The van der Waals surface area contributed by atoms with E-state index in [4.69, 9.17) is 4.74 Å². The fourth-order valence-electron chi connectivity index (χ4n) is 5.11. The van der Waals surface area contributed by atoms with Crippen molar-refractivity contribution in [1.29, 1.82) is 0 Å². The Kier molecular flexibility index (Phi) is 5.94. The summed E-state index contributed by atoms with van der Waals surface area (Å²) < 4.78 is 5.40. The largest absolute Gasteiger partial charge is 0.497 e. The van der Waals surface area contributed by atoms with Crippen molar-refractivity contribution in [3.8, 4) is 16.9 Å². The van der Waals surface area contributed by atoms with E-state index in [9.17, 15) is 9.59 Å². The topological polar surface area (TPSA) is 86.5 Å². The number of H-pyrrole nitrogens is 1. The van der Waals surface area contributed by atoms with Gasteiger partial charge in [-0.1, -0.05) is 24.3 Å². The van der Waals surface area contributed by atoms with Crippen molar-refractivity contribution in [1.82, 2.24) is 15.2 Å². The highest BCUT2D eigenvalue weighted by atomic mass is 16.5. The zero-order valence-corrected chi connectivity index (χ0v) is 20.4. The second-order valence-corrected chi connectivity index (χ2v) is 9.39. The molecule has 7 nitrogen and oxygen atoms in total. The second kappa shape index (κ2) is 9.07. The number of amides is 2. The summed E-state index contributed by atoms with van der Waals surface area (Å²) in [5.41, 5.74) is 6.30. The van der Waals surface area contributed by atoms with Gasteiger partial charge in [0.25, 0.3) is 11.8 Å². The van der Waals surface area contributed by atoms with E-state index in [1.807, 2.05) is 60.4 Å². The Balaban J connectivity index is 1.52. The molecule has 0 spiro atoms. The number of aromatic nitrogens is 1. The fraction of sp³-hybridized carbons (Fsp3) is 0.286. The molecule has 1 aromatic heterocycles.